The molecule has 0 fully saturated rings. The largest absolute Gasteiger partial charge is 0.356 e. The maximum absolute atomic E-state index is 13.6. The summed E-state index contributed by atoms with van der Waals surface area (Å²) in [4.78, 5) is 15.9. The van der Waals surface area contributed by atoms with Gasteiger partial charge in [0.25, 0.3) is 0 Å². The fourth-order valence-corrected chi connectivity index (χ4v) is 2.56. The Morgan fingerprint density at radius 1 is 1.07 bits per heavy atom. The van der Waals surface area contributed by atoms with Crippen molar-refractivity contribution in [3.8, 4) is 0 Å². The van der Waals surface area contributed by atoms with Crippen molar-refractivity contribution in [2.24, 2.45) is 4.99 Å². The van der Waals surface area contributed by atoms with E-state index in [4.69, 9.17) is 0 Å². The van der Waals surface area contributed by atoms with Crippen LogP contribution in [0, 0.1) is 5.82 Å². The zero-order valence-electron chi connectivity index (χ0n) is 17.0. The molecule has 2 rings (SSSR count). The molecule has 2 aromatic rings. The number of nitrogens with zero attached hydrogens (tertiary/aromatic N) is 1. The Morgan fingerprint density at radius 2 is 1.76 bits per heavy atom. The van der Waals surface area contributed by atoms with Gasteiger partial charge >= 0.3 is 6.03 Å². The minimum Gasteiger partial charge on any atom is -0.356 e. The number of anilines is 1. The van der Waals surface area contributed by atoms with Gasteiger partial charge in [-0.15, -0.1) is 24.0 Å². The van der Waals surface area contributed by atoms with Crippen LogP contribution in [-0.2, 0) is 13.0 Å². The molecule has 8 heteroatoms. The highest BCUT2D eigenvalue weighted by Gasteiger charge is 2.04. The third kappa shape index (κ3) is 9.12. The number of hydrogen-bond donors (Lipinski definition) is 4. The van der Waals surface area contributed by atoms with Crippen LogP contribution in [0.25, 0.3) is 0 Å². The van der Waals surface area contributed by atoms with E-state index in [1.165, 1.54) is 6.07 Å². The fourth-order valence-electron chi connectivity index (χ4n) is 2.56. The van der Waals surface area contributed by atoms with Gasteiger partial charge < -0.3 is 21.3 Å². The van der Waals surface area contributed by atoms with Crippen molar-refractivity contribution in [3.05, 3.63) is 65.5 Å². The third-order valence-corrected chi connectivity index (χ3v) is 3.96. The zero-order valence-corrected chi connectivity index (χ0v) is 19.3. The normalized spacial score (nSPS) is 10.9. The Kier molecular flexibility index (Phi) is 11.0. The Bertz CT molecular complexity index is 796. The number of hydrogen-bond acceptors (Lipinski definition) is 2. The molecule has 6 nitrogen and oxygen atoms in total. The number of halogens is 2. The zero-order chi connectivity index (χ0) is 20.4. The first-order valence-corrected chi connectivity index (χ1v) is 9.32. The first kappa shape index (κ1) is 24.7. The smallest absolute Gasteiger partial charge is 0.319 e. The summed E-state index contributed by atoms with van der Waals surface area (Å²) in [5.74, 6) is 0.456. The summed E-state index contributed by atoms with van der Waals surface area (Å²) in [6, 6.07) is 14.2. The fraction of sp³-hybridized carbons (Fsp3) is 0.333. The van der Waals surface area contributed by atoms with Crippen molar-refractivity contribution in [2.45, 2.75) is 32.9 Å². The lowest BCUT2D eigenvalue weighted by Crippen LogP contribution is -2.37. The highest BCUT2D eigenvalue weighted by atomic mass is 127. The van der Waals surface area contributed by atoms with Gasteiger partial charge in [0, 0.05) is 31.9 Å². The predicted molar refractivity (Wildman–Crippen MR) is 127 cm³/mol. The van der Waals surface area contributed by atoms with Crippen molar-refractivity contribution in [2.75, 3.05) is 18.9 Å². The van der Waals surface area contributed by atoms with Crippen LogP contribution >= 0.6 is 24.0 Å². The number of rotatable bonds is 7. The van der Waals surface area contributed by atoms with Gasteiger partial charge in [0.2, 0.25) is 0 Å². The van der Waals surface area contributed by atoms with Crippen molar-refractivity contribution in [1.29, 1.82) is 0 Å². The number of amides is 2. The van der Waals surface area contributed by atoms with Crippen LogP contribution in [0.2, 0.25) is 0 Å². The molecule has 2 aromatic carbocycles. The van der Waals surface area contributed by atoms with E-state index < -0.39 is 0 Å². The van der Waals surface area contributed by atoms with Gasteiger partial charge in [0.15, 0.2) is 5.96 Å². The van der Waals surface area contributed by atoms with Crippen LogP contribution in [0.5, 0.6) is 0 Å². The van der Waals surface area contributed by atoms with E-state index >= 15 is 0 Å². The molecule has 0 aromatic heterocycles. The second kappa shape index (κ2) is 13.0. The molecule has 0 unspecified atom stereocenters. The summed E-state index contributed by atoms with van der Waals surface area (Å²) in [7, 11) is 1.69. The van der Waals surface area contributed by atoms with Crippen molar-refractivity contribution in [1.82, 2.24) is 16.0 Å². The first-order valence-electron chi connectivity index (χ1n) is 9.32. The molecule has 0 aliphatic carbocycles. The minimum atomic E-state index is -0.222. The van der Waals surface area contributed by atoms with Crippen molar-refractivity contribution < 1.29 is 9.18 Å². The summed E-state index contributed by atoms with van der Waals surface area (Å²) < 4.78 is 13.6. The molecule has 0 atom stereocenters. The highest BCUT2D eigenvalue weighted by molar-refractivity contribution is 14.0. The summed E-state index contributed by atoms with van der Waals surface area (Å²) in [6.07, 6.45) is 0.576. The first-order chi connectivity index (χ1) is 13.5. The van der Waals surface area contributed by atoms with Crippen LogP contribution < -0.4 is 21.3 Å². The molecule has 0 radical (unpaired) electrons. The average Bonchev–Trinajstić information content (AvgIpc) is 2.66. The maximum atomic E-state index is 13.6. The second-order valence-corrected chi connectivity index (χ2v) is 6.64. The molecule has 0 heterocycles. The average molecular weight is 513 g/mol. The van der Waals surface area contributed by atoms with E-state index in [1.807, 2.05) is 44.2 Å². The quantitative estimate of drug-likeness (QED) is 0.258. The molecule has 158 valence electrons. The van der Waals surface area contributed by atoms with Gasteiger partial charge in [-0.3, -0.25) is 4.99 Å². The van der Waals surface area contributed by atoms with Crippen LogP contribution in [0.3, 0.4) is 0 Å². The van der Waals surface area contributed by atoms with Crippen LogP contribution in [0.4, 0.5) is 14.9 Å². The number of aliphatic imine (C=N–C) groups is 1. The number of guanidine groups is 1. The molecule has 0 saturated heterocycles. The Hall–Kier alpha value is -2.36. The van der Waals surface area contributed by atoms with Crippen LogP contribution in [0.1, 0.15) is 25.0 Å². The summed E-state index contributed by atoms with van der Waals surface area (Å²) in [5, 5.41) is 12.0. The highest BCUT2D eigenvalue weighted by Crippen LogP contribution is 2.09. The lowest BCUT2D eigenvalue weighted by Gasteiger charge is -2.13. The van der Waals surface area contributed by atoms with Gasteiger partial charge in [-0.2, -0.15) is 0 Å². The van der Waals surface area contributed by atoms with Crippen molar-refractivity contribution >= 4 is 41.7 Å². The Morgan fingerprint density at radius 3 is 2.38 bits per heavy atom. The maximum Gasteiger partial charge on any atom is 0.319 e. The molecule has 0 aliphatic rings. The van der Waals surface area contributed by atoms with E-state index in [1.54, 1.807) is 19.2 Å². The lowest BCUT2D eigenvalue weighted by molar-refractivity contribution is 0.250. The van der Waals surface area contributed by atoms with Gasteiger partial charge in [0.1, 0.15) is 5.82 Å². The van der Waals surface area contributed by atoms with Gasteiger partial charge in [-0.25, -0.2) is 9.18 Å². The van der Waals surface area contributed by atoms with Gasteiger partial charge in [0.05, 0.1) is 0 Å². The number of nitrogens with one attached hydrogen (secondary N) is 4. The van der Waals surface area contributed by atoms with E-state index in [9.17, 15) is 9.18 Å². The predicted octanol–water partition coefficient (Wildman–Crippen LogP) is 3.88. The van der Waals surface area contributed by atoms with E-state index in [0.29, 0.717) is 31.0 Å². The van der Waals surface area contributed by atoms with E-state index in [0.717, 1.165) is 11.3 Å². The minimum absolute atomic E-state index is 0. The van der Waals surface area contributed by atoms with Gasteiger partial charge in [-0.05, 0) is 49.6 Å². The molecule has 4 N–H and O–H groups in total. The van der Waals surface area contributed by atoms with E-state index in [2.05, 4.69) is 26.3 Å². The van der Waals surface area contributed by atoms with E-state index in [-0.39, 0.29) is 41.9 Å². The molecule has 29 heavy (non-hydrogen) atoms. The molecule has 0 spiro atoms. The molecular formula is C21H29FIN5O. The monoisotopic (exact) mass is 513 g/mol. The number of benzene rings is 2. The molecular weight excluding hydrogens is 484 g/mol. The van der Waals surface area contributed by atoms with Crippen LogP contribution in [-0.4, -0.2) is 31.6 Å². The number of carbonyl (C=O) groups excluding carboxylic acids is 1. The topological polar surface area (TPSA) is 77.6 Å². The number of urea groups is 1. The van der Waals surface area contributed by atoms with Gasteiger partial charge in [-0.1, -0.05) is 30.3 Å². The summed E-state index contributed by atoms with van der Waals surface area (Å²) in [6.45, 7) is 4.98. The van der Waals surface area contributed by atoms with Crippen LogP contribution in [0.15, 0.2) is 53.5 Å². The lowest BCUT2D eigenvalue weighted by atomic mass is 10.1. The molecule has 2 amide bonds. The summed E-state index contributed by atoms with van der Waals surface area (Å²) >= 11 is 0. The third-order valence-electron chi connectivity index (χ3n) is 3.96. The molecule has 0 saturated carbocycles. The SMILES string of the molecule is CN=C(NCCc1ccccc1F)NCc1ccc(NC(=O)NC(C)C)cc1.I. The van der Waals surface area contributed by atoms with Crippen molar-refractivity contribution in [3.63, 3.8) is 0 Å². The Labute approximate surface area is 188 Å². The number of carbonyl (C=O) groups is 1. The Balaban J connectivity index is 0.00000420. The standard InChI is InChI=1S/C21H28FN5O.HI/c1-15(2)26-21(28)27-18-10-8-16(9-11-18)14-25-20(23-3)24-13-12-17-6-4-5-7-19(17)22;/h4-11,15H,12-14H2,1-3H3,(H2,23,24,25)(H2,26,27,28);1H. The summed E-state index contributed by atoms with van der Waals surface area (Å²) in [5.41, 5.74) is 2.45. The molecule has 0 bridgehead atoms. The molecule has 0 aliphatic heterocycles. The second-order valence-electron chi connectivity index (χ2n) is 6.64.